The standard InChI is InChI=1S/C10H9F2NO/c11-10(12)6-13(7-10)9-4-2-1-3-8(9)5-14/h1-5H,6-7H2. The summed E-state index contributed by atoms with van der Waals surface area (Å²) < 4.78 is 25.2. The van der Waals surface area contributed by atoms with Crippen LogP contribution in [0.25, 0.3) is 0 Å². The van der Waals surface area contributed by atoms with Gasteiger partial charge in [0.05, 0.1) is 13.1 Å². The highest BCUT2D eigenvalue weighted by atomic mass is 19.3. The average Bonchev–Trinajstić information content (AvgIpc) is 2.14. The normalized spacial score (nSPS) is 18.9. The van der Waals surface area contributed by atoms with Crippen LogP contribution in [0, 0.1) is 0 Å². The van der Waals surface area contributed by atoms with Gasteiger partial charge in [0.25, 0.3) is 5.92 Å². The zero-order valence-corrected chi connectivity index (χ0v) is 7.41. The Bertz CT molecular complexity index is 357. The molecular formula is C10H9F2NO. The maximum Gasteiger partial charge on any atom is 0.282 e. The molecule has 1 aliphatic heterocycles. The number of halogens is 2. The summed E-state index contributed by atoms with van der Waals surface area (Å²) in [6, 6.07) is 6.75. The minimum absolute atomic E-state index is 0.294. The molecule has 1 fully saturated rings. The smallest absolute Gasteiger partial charge is 0.282 e. The Morgan fingerprint density at radius 2 is 1.93 bits per heavy atom. The molecule has 0 aromatic heterocycles. The number of aldehydes is 1. The summed E-state index contributed by atoms with van der Waals surface area (Å²) in [6.07, 6.45) is 0.686. The maximum atomic E-state index is 12.6. The Kier molecular flexibility index (Phi) is 1.98. The largest absolute Gasteiger partial charge is 0.359 e. The van der Waals surface area contributed by atoms with Crippen LogP contribution in [0.5, 0.6) is 0 Å². The SMILES string of the molecule is O=Cc1ccccc1N1CC(F)(F)C1. The lowest BCUT2D eigenvalue weighted by molar-refractivity contribution is -0.0263. The number of alkyl halides is 2. The van der Waals surface area contributed by atoms with Crippen molar-refractivity contribution in [2.75, 3.05) is 18.0 Å². The maximum absolute atomic E-state index is 12.6. The van der Waals surface area contributed by atoms with Gasteiger partial charge in [-0.25, -0.2) is 8.78 Å². The Balaban J connectivity index is 2.22. The van der Waals surface area contributed by atoms with Crippen molar-refractivity contribution < 1.29 is 13.6 Å². The molecule has 0 bridgehead atoms. The monoisotopic (exact) mass is 197 g/mol. The summed E-state index contributed by atoms with van der Waals surface area (Å²) in [4.78, 5) is 12.1. The fourth-order valence-corrected chi connectivity index (χ4v) is 1.56. The van der Waals surface area contributed by atoms with E-state index < -0.39 is 5.92 Å². The van der Waals surface area contributed by atoms with Gasteiger partial charge in [-0.15, -0.1) is 0 Å². The van der Waals surface area contributed by atoms with Crippen LogP contribution in [0.3, 0.4) is 0 Å². The Morgan fingerprint density at radius 3 is 2.50 bits per heavy atom. The first-order valence-corrected chi connectivity index (χ1v) is 4.29. The van der Waals surface area contributed by atoms with Crippen LogP contribution in [0.4, 0.5) is 14.5 Å². The van der Waals surface area contributed by atoms with E-state index in [4.69, 9.17) is 0 Å². The van der Waals surface area contributed by atoms with Crippen molar-refractivity contribution in [1.82, 2.24) is 0 Å². The molecule has 0 saturated carbocycles. The second-order valence-electron chi connectivity index (χ2n) is 3.39. The molecule has 2 rings (SSSR count). The molecular weight excluding hydrogens is 188 g/mol. The third kappa shape index (κ3) is 1.47. The summed E-state index contributed by atoms with van der Waals surface area (Å²) in [6.45, 7) is -0.588. The summed E-state index contributed by atoms with van der Waals surface area (Å²) >= 11 is 0. The van der Waals surface area contributed by atoms with E-state index in [0.29, 0.717) is 17.5 Å². The molecule has 1 saturated heterocycles. The number of carbonyl (C=O) groups is 1. The van der Waals surface area contributed by atoms with E-state index in [0.717, 1.165) is 0 Å². The van der Waals surface area contributed by atoms with Gasteiger partial charge in [0.1, 0.15) is 0 Å². The highest BCUT2D eigenvalue weighted by Gasteiger charge is 2.44. The Labute approximate surface area is 80.1 Å². The predicted octanol–water partition coefficient (Wildman–Crippen LogP) is 1.95. The predicted molar refractivity (Wildman–Crippen MR) is 49.0 cm³/mol. The lowest BCUT2D eigenvalue weighted by Crippen LogP contribution is -2.56. The fourth-order valence-electron chi connectivity index (χ4n) is 1.56. The first-order valence-electron chi connectivity index (χ1n) is 4.29. The van der Waals surface area contributed by atoms with Crippen molar-refractivity contribution in [1.29, 1.82) is 0 Å². The first kappa shape index (κ1) is 9.12. The summed E-state index contributed by atoms with van der Waals surface area (Å²) in [7, 11) is 0. The second-order valence-corrected chi connectivity index (χ2v) is 3.39. The second kappa shape index (κ2) is 3.04. The molecule has 0 radical (unpaired) electrons. The lowest BCUT2D eigenvalue weighted by Gasteiger charge is -2.40. The first-order chi connectivity index (χ1) is 6.62. The number of carbonyl (C=O) groups excluding carboxylic acids is 1. The number of para-hydroxylation sites is 1. The van der Waals surface area contributed by atoms with Crippen molar-refractivity contribution in [3.8, 4) is 0 Å². The number of nitrogens with zero attached hydrogens (tertiary/aromatic N) is 1. The van der Waals surface area contributed by atoms with Crippen molar-refractivity contribution in [3.05, 3.63) is 29.8 Å². The van der Waals surface area contributed by atoms with E-state index >= 15 is 0 Å². The summed E-state index contributed by atoms with van der Waals surface area (Å²) in [5, 5.41) is 0. The molecule has 1 aliphatic rings. The minimum atomic E-state index is -2.60. The van der Waals surface area contributed by atoms with Crippen LogP contribution >= 0.6 is 0 Å². The van der Waals surface area contributed by atoms with Crippen LogP contribution in [-0.2, 0) is 0 Å². The highest BCUT2D eigenvalue weighted by molar-refractivity contribution is 5.84. The molecule has 0 amide bonds. The van der Waals surface area contributed by atoms with Gasteiger partial charge >= 0.3 is 0 Å². The number of anilines is 1. The van der Waals surface area contributed by atoms with Crippen LogP contribution in [0.1, 0.15) is 10.4 Å². The van der Waals surface area contributed by atoms with E-state index in [1.165, 1.54) is 4.90 Å². The van der Waals surface area contributed by atoms with E-state index in [1.807, 2.05) is 0 Å². The van der Waals surface area contributed by atoms with Crippen LogP contribution < -0.4 is 4.90 Å². The van der Waals surface area contributed by atoms with Gasteiger partial charge in [0, 0.05) is 11.3 Å². The number of rotatable bonds is 2. The van der Waals surface area contributed by atoms with Crippen LogP contribution in [-0.4, -0.2) is 25.3 Å². The van der Waals surface area contributed by atoms with E-state index in [2.05, 4.69) is 0 Å². The van der Waals surface area contributed by atoms with Crippen LogP contribution in [0.15, 0.2) is 24.3 Å². The molecule has 4 heteroatoms. The Morgan fingerprint density at radius 1 is 1.29 bits per heavy atom. The topological polar surface area (TPSA) is 20.3 Å². The van der Waals surface area contributed by atoms with E-state index in [1.54, 1.807) is 24.3 Å². The van der Waals surface area contributed by atoms with Crippen molar-refractivity contribution >= 4 is 12.0 Å². The molecule has 1 aromatic carbocycles. The molecule has 1 heterocycles. The average molecular weight is 197 g/mol. The van der Waals surface area contributed by atoms with Crippen molar-refractivity contribution in [3.63, 3.8) is 0 Å². The molecule has 74 valence electrons. The van der Waals surface area contributed by atoms with Gasteiger partial charge in [-0.2, -0.15) is 0 Å². The van der Waals surface area contributed by atoms with Crippen molar-refractivity contribution in [2.45, 2.75) is 5.92 Å². The molecule has 1 aromatic rings. The zero-order valence-electron chi connectivity index (χ0n) is 7.41. The van der Waals surface area contributed by atoms with E-state index in [9.17, 15) is 13.6 Å². The summed E-state index contributed by atoms with van der Waals surface area (Å²) in [5.74, 6) is -2.60. The number of benzene rings is 1. The van der Waals surface area contributed by atoms with Gasteiger partial charge < -0.3 is 4.90 Å². The third-order valence-corrected chi connectivity index (χ3v) is 2.25. The van der Waals surface area contributed by atoms with Gasteiger partial charge in [-0.1, -0.05) is 12.1 Å². The molecule has 0 aliphatic carbocycles. The molecule has 0 atom stereocenters. The van der Waals surface area contributed by atoms with Gasteiger partial charge in [-0.3, -0.25) is 4.79 Å². The van der Waals surface area contributed by atoms with Gasteiger partial charge in [0.2, 0.25) is 0 Å². The quantitative estimate of drug-likeness (QED) is 0.675. The Hall–Kier alpha value is -1.45. The molecule has 14 heavy (non-hydrogen) atoms. The summed E-state index contributed by atoms with van der Waals surface area (Å²) in [5.41, 5.74) is 1.05. The highest BCUT2D eigenvalue weighted by Crippen LogP contribution is 2.32. The van der Waals surface area contributed by atoms with E-state index in [-0.39, 0.29) is 13.1 Å². The fraction of sp³-hybridized carbons (Fsp3) is 0.300. The molecule has 2 nitrogen and oxygen atoms in total. The lowest BCUT2D eigenvalue weighted by atomic mass is 10.1. The van der Waals surface area contributed by atoms with Gasteiger partial charge in [0.15, 0.2) is 6.29 Å². The molecule has 0 spiro atoms. The molecule has 0 unspecified atom stereocenters. The van der Waals surface area contributed by atoms with Crippen molar-refractivity contribution in [2.24, 2.45) is 0 Å². The number of hydrogen-bond acceptors (Lipinski definition) is 2. The number of hydrogen-bond donors (Lipinski definition) is 0. The third-order valence-electron chi connectivity index (χ3n) is 2.25. The molecule has 0 N–H and O–H groups in total. The zero-order chi connectivity index (χ0) is 10.2. The van der Waals surface area contributed by atoms with Gasteiger partial charge in [-0.05, 0) is 12.1 Å². The minimum Gasteiger partial charge on any atom is -0.359 e. The van der Waals surface area contributed by atoms with Crippen LogP contribution in [0.2, 0.25) is 0 Å².